The molecule has 0 radical (unpaired) electrons. The van der Waals surface area contributed by atoms with Crippen LogP contribution in [0.25, 0.3) is 0 Å². The number of nitro groups is 1. The van der Waals surface area contributed by atoms with Gasteiger partial charge < -0.3 is 15.9 Å². The van der Waals surface area contributed by atoms with Gasteiger partial charge in [0.05, 0.1) is 41.1 Å². The molecule has 0 aliphatic heterocycles. The first kappa shape index (κ1) is 20.3. The van der Waals surface area contributed by atoms with E-state index in [9.17, 15) is 20.3 Å². The van der Waals surface area contributed by atoms with Gasteiger partial charge in [-0.1, -0.05) is 0 Å². The van der Waals surface area contributed by atoms with Crippen LogP contribution in [0.15, 0.2) is 24.8 Å². The van der Waals surface area contributed by atoms with Crippen LogP contribution < -0.4 is 5.73 Å². The SMILES string of the molecule is Nc1cnn([C@@H]2CCC[C@H](O)C2)c1.O=[N+]([O-])c1cnn([C@@H]2CCC[C@H](O)C2)c1. The second kappa shape index (κ2) is 9.16. The van der Waals surface area contributed by atoms with E-state index in [4.69, 9.17) is 5.73 Å². The van der Waals surface area contributed by atoms with Crippen LogP contribution in [0.5, 0.6) is 0 Å². The van der Waals surface area contributed by atoms with Gasteiger partial charge in [-0.3, -0.25) is 19.5 Å². The molecule has 4 rings (SSSR count). The van der Waals surface area contributed by atoms with Gasteiger partial charge in [-0.15, -0.1) is 0 Å². The predicted molar refractivity (Wildman–Crippen MR) is 103 cm³/mol. The third-order valence-corrected chi connectivity index (χ3v) is 5.41. The number of hydrogen-bond donors (Lipinski definition) is 3. The monoisotopic (exact) mass is 392 g/mol. The summed E-state index contributed by atoms with van der Waals surface area (Å²) in [5.41, 5.74) is 6.28. The standard InChI is InChI=1S/C9H13N3O3.C9H15N3O/c13-9-3-1-2-7(4-9)11-6-8(5-10-11)12(14)15;10-7-5-11-12(6-7)8-2-1-3-9(13)4-8/h5-7,9,13H,1-4H2;5-6,8-9,13H,1-4,10H2/t7-,9+;8-,9+/m11/s1. The van der Waals surface area contributed by atoms with E-state index in [1.165, 1.54) is 12.4 Å². The summed E-state index contributed by atoms with van der Waals surface area (Å²) in [6.45, 7) is 0. The van der Waals surface area contributed by atoms with Gasteiger partial charge in [-0.05, 0) is 51.4 Å². The molecule has 28 heavy (non-hydrogen) atoms. The van der Waals surface area contributed by atoms with Gasteiger partial charge in [0, 0.05) is 6.20 Å². The molecule has 2 aromatic heterocycles. The van der Waals surface area contributed by atoms with E-state index in [0.29, 0.717) is 18.2 Å². The van der Waals surface area contributed by atoms with E-state index >= 15 is 0 Å². The highest BCUT2D eigenvalue weighted by Crippen LogP contribution is 2.29. The molecule has 2 aliphatic carbocycles. The van der Waals surface area contributed by atoms with Gasteiger partial charge in [0.1, 0.15) is 12.4 Å². The fourth-order valence-corrected chi connectivity index (χ4v) is 3.93. The lowest BCUT2D eigenvalue weighted by Crippen LogP contribution is -2.22. The molecular weight excluding hydrogens is 364 g/mol. The molecule has 0 aromatic carbocycles. The van der Waals surface area contributed by atoms with E-state index in [0.717, 1.165) is 44.9 Å². The maximum Gasteiger partial charge on any atom is 0.307 e. The van der Waals surface area contributed by atoms with Crippen LogP contribution in [0.1, 0.15) is 63.5 Å². The maximum atomic E-state index is 10.5. The fraction of sp³-hybridized carbons (Fsp3) is 0.667. The second-order valence-corrected chi connectivity index (χ2v) is 7.64. The number of nitrogens with two attached hydrogens (primary N) is 1. The van der Waals surface area contributed by atoms with Crippen LogP contribution in [0.4, 0.5) is 11.4 Å². The van der Waals surface area contributed by atoms with Crippen molar-refractivity contribution in [3.63, 3.8) is 0 Å². The summed E-state index contributed by atoms with van der Waals surface area (Å²) >= 11 is 0. The number of nitrogens with zero attached hydrogens (tertiary/aromatic N) is 5. The van der Waals surface area contributed by atoms with Crippen molar-refractivity contribution in [3.8, 4) is 0 Å². The highest BCUT2D eigenvalue weighted by Gasteiger charge is 2.24. The lowest BCUT2D eigenvalue weighted by Gasteiger charge is -2.25. The van der Waals surface area contributed by atoms with E-state index in [-0.39, 0.29) is 23.9 Å². The Hall–Kier alpha value is -2.46. The molecule has 10 heteroatoms. The highest BCUT2D eigenvalue weighted by molar-refractivity contribution is 5.30. The Morgan fingerprint density at radius 3 is 1.93 bits per heavy atom. The smallest absolute Gasteiger partial charge is 0.307 e. The number of aliphatic hydroxyl groups is 2. The zero-order valence-corrected chi connectivity index (χ0v) is 15.8. The van der Waals surface area contributed by atoms with Crippen LogP contribution in [0.3, 0.4) is 0 Å². The van der Waals surface area contributed by atoms with Crippen molar-refractivity contribution in [1.82, 2.24) is 19.6 Å². The number of aromatic nitrogens is 4. The average Bonchev–Trinajstić information content (AvgIpc) is 3.32. The molecule has 2 aliphatic rings. The Bertz CT molecular complexity index is 776. The molecule has 4 N–H and O–H groups in total. The van der Waals surface area contributed by atoms with Crippen molar-refractivity contribution >= 4 is 11.4 Å². The third-order valence-electron chi connectivity index (χ3n) is 5.41. The minimum Gasteiger partial charge on any atom is -0.396 e. The molecule has 0 amide bonds. The largest absolute Gasteiger partial charge is 0.396 e. The summed E-state index contributed by atoms with van der Waals surface area (Å²) in [5, 5.41) is 37.5. The molecule has 4 atom stereocenters. The fourth-order valence-electron chi connectivity index (χ4n) is 3.93. The van der Waals surface area contributed by atoms with Gasteiger partial charge in [-0.2, -0.15) is 10.2 Å². The Balaban J connectivity index is 0.000000162. The van der Waals surface area contributed by atoms with E-state index in [2.05, 4.69) is 10.2 Å². The lowest BCUT2D eigenvalue weighted by molar-refractivity contribution is -0.385. The zero-order chi connectivity index (χ0) is 20.1. The van der Waals surface area contributed by atoms with Crippen molar-refractivity contribution in [3.05, 3.63) is 34.9 Å². The van der Waals surface area contributed by atoms with Crippen LogP contribution in [-0.2, 0) is 0 Å². The summed E-state index contributed by atoms with van der Waals surface area (Å²) in [6, 6.07) is 0.434. The minimum absolute atomic E-state index is 0.00932. The molecule has 0 bridgehead atoms. The van der Waals surface area contributed by atoms with Gasteiger partial charge in [0.2, 0.25) is 0 Å². The molecule has 10 nitrogen and oxygen atoms in total. The molecule has 154 valence electrons. The molecule has 2 fully saturated rings. The number of rotatable bonds is 3. The molecular formula is C18H28N6O4. The maximum absolute atomic E-state index is 10.5. The molecule has 2 aromatic rings. The van der Waals surface area contributed by atoms with Crippen LogP contribution in [0.2, 0.25) is 0 Å². The summed E-state index contributed by atoms with van der Waals surface area (Å²) in [4.78, 5) is 10.0. The first-order chi connectivity index (χ1) is 13.4. The number of nitrogen functional groups attached to an aromatic ring is 1. The second-order valence-electron chi connectivity index (χ2n) is 7.64. The summed E-state index contributed by atoms with van der Waals surface area (Å²) in [6.07, 6.45) is 12.9. The van der Waals surface area contributed by atoms with Gasteiger partial charge >= 0.3 is 5.69 Å². The van der Waals surface area contributed by atoms with Gasteiger partial charge in [0.15, 0.2) is 0 Å². The van der Waals surface area contributed by atoms with Crippen LogP contribution in [0, 0.1) is 10.1 Å². The van der Waals surface area contributed by atoms with Gasteiger partial charge in [0.25, 0.3) is 0 Å². The average molecular weight is 392 g/mol. The van der Waals surface area contributed by atoms with E-state index < -0.39 is 4.92 Å². The number of anilines is 1. The number of aliphatic hydroxyl groups excluding tert-OH is 2. The molecule has 0 spiro atoms. The Labute approximate surface area is 163 Å². The van der Waals surface area contributed by atoms with Gasteiger partial charge in [-0.25, -0.2) is 0 Å². The van der Waals surface area contributed by atoms with E-state index in [1.807, 2.05) is 10.9 Å². The van der Waals surface area contributed by atoms with Crippen molar-refractivity contribution in [1.29, 1.82) is 0 Å². The molecule has 2 heterocycles. The quantitative estimate of drug-likeness (QED) is 0.536. The van der Waals surface area contributed by atoms with Crippen LogP contribution in [-0.4, -0.2) is 46.9 Å². The normalized spacial score (nSPS) is 27.6. The zero-order valence-electron chi connectivity index (χ0n) is 15.8. The summed E-state index contributed by atoms with van der Waals surface area (Å²) in [5.74, 6) is 0. The Kier molecular flexibility index (Phi) is 6.63. The van der Waals surface area contributed by atoms with Crippen molar-refractivity contribution in [2.24, 2.45) is 0 Å². The third kappa shape index (κ3) is 5.29. The molecule has 0 saturated heterocycles. The minimum atomic E-state index is -0.456. The van der Waals surface area contributed by atoms with Crippen molar-refractivity contribution in [2.75, 3.05) is 5.73 Å². The van der Waals surface area contributed by atoms with Crippen molar-refractivity contribution in [2.45, 2.75) is 75.7 Å². The summed E-state index contributed by atoms with van der Waals surface area (Å²) < 4.78 is 3.47. The molecule has 2 saturated carbocycles. The predicted octanol–water partition coefficient (Wildman–Crippen LogP) is 2.21. The Morgan fingerprint density at radius 2 is 1.50 bits per heavy atom. The Morgan fingerprint density at radius 1 is 0.964 bits per heavy atom. The summed E-state index contributed by atoms with van der Waals surface area (Å²) in [7, 11) is 0. The number of hydrogen-bond acceptors (Lipinski definition) is 7. The van der Waals surface area contributed by atoms with Crippen molar-refractivity contribution < 1.29 is 15.1 Å². The molecule has 0 unspecified atom stereocenters. The first-order valence-electron chi connectivity index (χ1n) is 9.76. The van der Waals surface area contributed by atoms with E-state index in [1.54, 1.807) is 10.9 Å². The van der Waals surface area contributed by atoms with Crippen LogP contribution >= 0.6 is 0 Å². The highest BCUT2D eigenvalue weighted by atomic mass is 16.6. The first-order valence-corrected chi connectivity index (χ1v) is 9.76. The lowest BCUT2D eigenvalue weighted by atomic mass is 9.93. The topological polar surface area (TPSA) is 145 Å².